The fraction of sp³-hybridized carbons (Fsp3) is 0.611. The number of ether oxygens (including phenoxy) is 2. The molecule has 0 spiro atoms. The maximum atomic E-state index is 12.4. The Balaban J connectivity index is 1.74. The number of hydrogen-bond acceptors (Lipinski definition) is 6. The Morgan fingerprint density at radius 2 is 1.70 bits per heavy atom. The van der Waals surface area contributed by atoms with Crippen LogP contribution in [0.5, 0.6) is 11.5 Å². The van der Waals surface area contributed by atoms with Crippen LogP contribution < -0.4 is 19.5 Å². The van der Waals surface area contributed by atoms with E-state index in [-0.39, 0.29) is 24.9 Å². The molecule has 1 saturated heterocycles. The number of likely N-dealkylation sites (tertiary alicyclic amines) is 1. The Bertz CT molecular complexity index is 803. The van der Waals surface area contributed by atoms with Gasteiger partial charge in [0.2, 0.25) is 0 Å². The van der Waals surface area contributed by atoms with Crippen LogP contribution in [0.2, 0.25) is 0 Å². The molecule has 1 aliphatic rings. The van der Waals surface area contributed by atoms with Crippen LogP contribution in [0.4, 0.5) is 13.2 Å². The molecule has 2 N–H and O–H groups in total. The first-order valence-electron chi connectivity index (χ1n) is 9.35. The molecular formula is C18H26F3N3O5S. The van der Waals surface area contributed by atoms with Crippen molar-refractivity contribution in [1.82, 2.24) is 14.9 Å². The standard InChI is InChI=1S/C18H26F3N3O5S/c1-28-15-9-14(10-16(11-15)29-2)17(25)22-12-13-3-6-24(7-4-13)8-5-23-30(26,27)18(19,20)21/h9-11,13,23H,3-8,12H2,1-2H3,(H,22,25). The van der Waals surface area contributed by atoms with Crippen LogP contribution in [-0.4, -0.2) is 71.7 Å². The van der Waals surface area contributed by atoms with Crippen LogP contribution in [0.25, 0.3) is 0 Å². The first kappa shape index (κ1) is 24.2. The molecule has 1 aromatic rings. The lowest BCUT2D eigenvalue weighted by molar-refractivity contribution is -0.0448. The molecule has 12 heteroatoms. The van der Waals surface area contributed by atoms with E-state index in [1.165, 1.54) is 14.2 Å². The Labute approximate surface area is 173 Å². The summed E-state index contributed by atoms with van der Waals surface area (Å²) in [4.78, 5) is 14.3. The summed E-state index contributed by atoms with van der Waals surface area (Å²) in [7, 11) is -2.31. The predicted molar refractivity (Wildman–Crippen MR) is 104 cm³/mol. The summed E-state index contributed by atoms with van der Waals surface area (Å²) in [5.41, 5.74) is -4.88. The summed E-state index contributed by atoms with van der Waals surface area (Å²) in [5.74, 6) is 0.990. The van der Waals surface area contributed by atoms with E-state index in [4.69, 9.17) is 9.47 Å². The van der Waals surface area contributed by atoms with E-state index in [0.717, 1.165) is 12.8 Å². The minimum atomic E-state index is -5.31. The van der Waals surface area contributed by atoms with Crippen molar-refractivity contribution in [1.29, 1.82) is 0 Å². The smallest absolute Gasteiger partial charge is 0.497 e. The molecule has 170 valence electrons. The zero-order chi connectivity index (χ0) is 22.4. The molecule has 0 unspecified atom stereocenters. The van der Waals surface area contributed by atoms with E-state index in [1.54, 1.807) is 22.9 Å². The lowest BCUT2D eigenvalue weighted by Crippen LogP contribution is -2.44. The second-order valence-electron chi connectivity index (χ2n) is 6.94. The van der Waals surface area contributed by atoms with Gasteiger partial charge in [-0.25, -0.2) is 13.1 Å². The monoisotopic (exact) mass is 453 g/mol. The van der Waals surface area contributed by atoms with E-state index in [2.05, 4.69) is 5.32 Å². The van der Waals surface area contributed by atoms with E-state index in [1.807, 2.05) is 4.90 Å². The number of carbonyl (C=O) groups is 1. The van der Waals surface area contributed by atoms with Crippen molar-refractivity contribution in [2.24, 2.45) is 5.92 Å². The van der Waals surface area contributed by atoms with Gasteiger partial charge in [-0.05, 0) is 44.0 Å². The van der Waals surface area contributed by atoms with Crippen LogP contribution in [0.1, 0.15) is 23.2 Å². The minimum Gasteiger partial charge on any atom is -0.497 e. The summed E-state index contributed by atoms with van der Waals surface area (Å²) < 4.78 is 70.7. The van der Waals surface area contributed by atoms with Gasteiger partial charge < -0.3 is 19.7 Å². The van der Waals surface area contributed by atoms with Gasteiger partial charge in [0.15, 0.2) is 0 Å². The maximum absolute atomic E-state index is 12.4. The number of sulfonamides is 1. The molecule has 0 aliphatic carbocycles. The van der Waals surface area contributed by atoms with E-state index in [0.29, 0.717) is 36.7 Å². The van der Waals surface area contributed by atoms with Gasteiger partial charge in [-0.1, -0.05) is 0 Å². The van der Waals surface area contributed by atoms with Crippen molar-refractivity contribution >= 4 is 15.9 Å². The quantitative estimate of drug-likeness (QED) is 0.590. The number of rotatable bonds is 9. The van der Waals surface area contributed by atoms with Gasteiger partial charge in [-0.2, -0.15) is 13.2 Å². The maximum Gasteiger partial charge on any atom is 0.511 e. The van der Waals surface area contributed by atoms with E-state index in [9.17, 15) is 26.4 Å². The largest absolute Gasteiger partial charge is 0.511 e. The molecule has 0 aromatic heterocycles. The topological polar surface area (TPSA) is 97.0 Å². The summed E-state index contributed by atoms with van der Waals surface area (Å²) in [5, 5.41) is 2.88. The third-order valence-corrected chi connectivity index (χ3v) is 6.09. The highest BCUT2D eigenvalue weighted by Crippen LogP contribution is 2.23. The third-order valence-electron chi connectivity index (χ3n) is 4.90. The number of nitrogens with one attached hydrogen (secondary N) is 2. The van der Waals surface area contributed by atoms with Crippen molar-refractivity contribution in [3.05, 3.63) is 23.8 Å². The van der Waals surface area contributed by atoms with Gasteiger partial charge in [0.05, 0.1) is 14.2 Å². The molecule has 8 nitrogen and oxygen atoms in total. The van der Waals surface area contributed by atoms with Crippen molar-refractivity contribution in [2.75, 3.05) is 46.9 Å². The average molecular weight is 453 g/mol. The average Bonchev–Trinajstić information content (AvgIpc) is 2.71. The second-order valence-corrected chi connectivity index (χ2v) is 8.70. The number of benzene rings is 1. The lowest BCUT2D eigenvalue weighted by atomic mass is 9.96. The number of alkyl halides is 3. The summed E-state index contributed by atoms with van der Waals surface area (Å²) in [6.45, 7) is 1.58. The van der Waals surface area contributed by atoms with Crippen molar-refractivity contribution in [2.45, 2.75) is 18.3 Å². The Kier molecular flexibility index (Phi) is 8.33. The fourth-order valence-electron chi connectivity index (χ4n) is 3.11. The number of nitrogens with zero attached hydrogens (tertiary/aromatic N) is 1. The molecule has 1 heterocycles. The number of methoxy groups -OCH3 is 2. The number of piperidine rings is 1. The van der Waals surface area contributed by atoms with Crippen LogP contribution in [0, 0.1) is 5.92 Å². The van der Waals surface area contributed by atoms with Crippen LogP contribution in [0.15, 0.2) is 18.2 Å². The van der Waals surface area contributed by atoms with Gasteiger partial charge in [0, 0.05) is 31.3 Å². The van der Waals surface area contributed by atoms with Gasteiger partial charge in [-0.15, -0.1) is 0 Å². The van der Waals surface area contributed by atoms with Gasteiger partial charge >= 0.3 is 15.5 Å². The number of amides is 1. The van der Waals surface area contributed by atoms with Crippen LogP contribution in [-0.2, 0) is 10.0 Å². The first-order valence-corrected chi connectivity index (χ1v) is 10.8. The van der Waals surface area contributed by atoms with Crippen molar-refractivity contribution < 1.29 is 35.9 Å². The molecule has 2 rings (SSSR count). The molecule has 1 amide bonds. The lowest BCUT2D eigenvalue weighted by Gasteiger charge is -2.32. The van der Waals surface area contributed by atoms with Crippen LogP contribution >= 0.6 is 0 Å². The zero-order valence-electron chi connectivity index (χ0n) is 16.8. The van der Waals surface area contributed by atoms with Crippen LogP contribution in [0.3, 0.4) is 0 Å². The zero-order valence-corrected chi connectivity index (χ0v) is 17.6. The molecule has 0 bridgehead atoms. The molecular weight excluding hydrogens is 427 g/mol. The highest BCUT2D eigenvalue weighted by Gasteiger charge is 2.45. The SMILES string of the molecule is COc1cc(OC)cc(C(=O)NCC2CCN(CCNS(=O)(=O)C(F)(F)F)CC2)c1. The molecule has 0 atom stereocenters. The second kappa shape index (κ2) is 10.3. The molecule has 0 radical (unpaired) electrons. The highest BCUT2D eigenvalue weighted by atomic mass is 32.2. The van der Waals surface area contributed by atoms with Crippen molar-refractivity contribution in [3.8, 4) is 11.5 Å². The fourth-order valence-corrected chi connectivity index (χ4v) is 3.64. The molecule has 30 heavy (non-hydrogen) atoms. The number of carbonyl (C=O) groups excluding carboxylic acids is 1. The van der Waals surface area contributed by atoms with Crippen molar-refractivity contribution in [3.63, 3.8) is 0 Å². The number of halogens is 3. The highest BCUT2D eigenvalue weighted by molar-refractivity contribution is 7.90. The molecule has 1 fully saturated rings. The predicted octanol–water partition coefficient (Wildman–Crippen LogP) is 1.58. The number of hydrogen-bond donors (Lipinski definition) is 2. The molecule has 1 aromatic carbocycles. The van der Waals surface area contributed by atoms with E-state index < -0.39 is 15.5 Å². The van der Waals surface area contributed by atoms with Gasteiger partial charge in [-0.3, -0.25) is 4.79 Å². The van der Waals surface area contributed by atoms with Gasteiger partial charge in [0.1, 0.15) is 11.5 Å². The molecule has 0 saturated carbocycles. The first-order chi connectivity index (χ1) is 14.1. The normalized spacial score (nSPS) is 16.3. The Morgan fingerprint density at radius 1 is 1.13 bits per heavy atom. The van der Waals surface area contributed by atoms with E-state index >= 15 is 0 Å². The summed E-state index contributed by atoms with van der Waals surface area (Å²) >= 11 is 0. The van der Waals surface area contributed by atoms with Gasteiger partial charge in [0.25, 0.3) is 5.91 Å². The third kappa shape index (κ3) is 6.74. The summed E-state index contributed by atoms with van der Waals surface area (Å²) in [6, 6.07) is 4.90. The summed E-state index contributed by atoms with van der Waals surface area (Å²) in [6.07, 6.45) is 1.49. The Morgan fingerprint density at radius 3 is 2.20 bits per heavy atom. The molecule has 1 aliphatic heterocycles. The Hall–Kier alpha value is -2.05. The minimum absolute atomic E-state index is 0.192.